The van der Waals surface area contributed by atoms with Crippen LogP contribution in [0.15, 0.2) is 48.5 Å². The molecule has 1 atom stereocenters. The molecule has 27 heavy (non-hydrogen) atoms. The van der Waals surface area contributed by atoms with Gasteiger partial charge in [0.05, 0.1) is 12.1 Å². The van der Waals surface area contributed by atoms with Crippen LogP contribution in [0.2, 0.25) is 0 Å². The second kappa shape index (κ2) is 7.55. The topological polar surface area (TPSA) is 61.3 Å². The van der Waals surface area contributed by atoms with Gasteiger partial charge in [0.25, 0.3) is 0 Å². The number of aliphatic hydroxyl groups is 1. The molecule has 2 N–H and O–H groups in total. The first-order chi connectivity index (χ1) is 13.1. The Labute approximate surface area is 170 Å². The number of para-hydroxylation sites is 1. The highest BCUT2D eigenvalue weighted by Gasteiger charge is 2.39. The Kier molecular flexibility index (Phi) is 5.14. The molecular formula is C20H20FIN4O. The lowest BCUT2D eigenvalue weighted by atomic mass is 10.2. The Balaban J connectivity index is 1.69. The third-order valence-electron chi connectivity index (χ3n) is 4.87. The van der Waals surface area contributed by atoms with Gasteiger partial charge in [0, 0.05) is 18.5 Å². The number of anilines is 2. The van der Waals surface area contributed by atoms with Gasteiger partial charge in [0.15, 0.2) is 0 Å². The summed E-state index contributed by atoms with van der Waals surface area (Å²) in [5, 5.41) is 14.2. The molecule has 0 aliphatic carbocycles. The Hall–Kier alpha value is -2.00. The molecule has 1 fully saturated rings. The number of benzene rings is 2. The second-order valence-electron chi connectivity index (χ2n) is 6.70. The van der Waals surface area contributed by atoms with E-state index in [0.29, 0.717) is 12.5 Å². The van der Waals surface area contributed by atoms with Crippen molar-refractivity contribution in [3.05, 3.63) is 59.9 Å². The van der Waals surface area contributed by atoms with Gasteiger partial charge < -0.3 is 15.3 Å². The van der Waals surface area contributed by atoms with Crippen LogP contribution in [-0.2, 0) is 6.54 Å². The molecule has 0 radical (unpaired) electrons. The standard InChI is InChI=1S/C20H20FIN4O/c21-15-8-6-14(7-9-15)12-23-18-16-4-1-2-5-17(16)24-19(25-18)26-11-3-10-20(26,22)13-27/h1-2,4-9,27H,3,10-13H2,(H,23,24,25). The molecule has 1 aliphatic heterocycles. The fraction of sp³-hybridized carbons (Fsp3) is 0.300. The zero-order valence-electron chi connectivity index (χ0n) is 14.7. The first-order valence-electron chi connectivity index (χ1n) is 8.91. The largest absolute Gasteiger partial charge is 0.393 e. The average Bonchev–Trinajstić information content (AvgIpc) is 3.09. The van der Waals surface area contributed by atoms with E-state index in [1.807, 2.05) is 24.3 Å². The fourth-order valence-corrected chi connectivity index (χ4v) is 4.23. The molecular weight excluding hydrogens is 458 g/mol. The van der Waals surface area contributed by atoms with Crippen LogP contribution in [0.3, 0.4) is 0 Å². The maximum atomic E-state index is 13.1. The summed E-state index contributed by atoms with van der Waals surface area (Å²) >= 11 is 2.30. The molecule has 140 valence electrons. The highest BCUT2D eigenvalue weighted by Crippen LogP contribution is 2.38. The van der Waals surface area contributed by atoms with E-state index in [1.165, 1.54) is 12.1 Å². The number of hydrogen-bond acceptors (Lipinski definition) is 5. The first-order valence-corrected chi connectivity index (χ1v) is 9.99. The summed E-state index contributed by atoms with van der Waals surface area (Å²) in [5.41, 5.74) is 1.83. The number of aromatic nitrogens is 2. The number of fused-ring (bicyclic) bond motifs is 1. The van der Waals surface area contributed by atoms with E-state index < -0.39 is 0 Å². The van der Waals surface area contributed by atoms with Crippen LogP contribution < -0.4 is 10.2 Å². The van der Waals surface area contributed by atoms with Crippen LogP contribution in [0.1, 0.15) is 18.4 Å². The predicted molar refractivity (Wildman–Crippen MR) is 114 cm³/mol. The van der Waals surface area contributed by atoms with E-state index in [-0.39, 0.29) is 16.0 Å². The van der Waals surface area contributed by atoms with Gasteiger partial charge in [-0.2, -0.15) is 4.98 Å². The van der Waals surface area contributed by atoms with Crippen LogP contribution in [0.25, 0.3) is 10.9 Å². The van der Waals surface area contributed by atoms with Crippen LogP contribution >= 0.6 is 22.6 Å². The second-order valence-corrected chi connectivity index (χ2v) is 8.71. The summed E-state index contributed by atoms with van der Waals surface area (Å²) in [6.07, 6.45) is 1.90. The summed E-state index contributed by atoms with van der Waals surface area (Å²) in [7, 11) is 0. The normalized spacial score (nSPS) is 19.6. The molecule has 0 saturated carbocycles. The monoisotopic (exact) mass is 478 g/mol. The van der Waals surface area contributed by atoms with E-state index in [1.54, 1.807) is 12.1 Å². The Morgan fingerprint density at radius 1 is 1.15 bits per heavy atom. The molecule has 2 heterocycles. The van der Waals surface area contributed by atoms with Gasteiger partial charge >= 0.3 is 0 Å². The molecule has 5 nitrogen and oxygen atoms in total. The maximum Gasteiger partial charge on any atom is 0.229 e. The lowest BCUT2D eigenvalue weighted by molar-refractivity contribution is 0.258. The summed E-state index contributed by atoms with van der Waals surface area (Å²) in [6, 6.07) is 14.3. The third kappa shape index (κ3) is 3.70. The van der Waals surface area contributed by atoms with Gasteiger partial charge in [-0.05, 0) is 42.7 Å². The van der Waals surface area contributed by atoms with Crippen molar-refractivity contribution in [1.29, 1.82) is 0 Å². The molecule has 3 aromatic rings. The Morgan fingerprint density at radius 3 is 2.70 bits per heavy atom. The molecule has 4 rings (SSSR count). The Morgan fingerprint density at radius 2 is 1.93 bits per heavy atom. The number of alkyl halides is 1. The molecule has 2 aromatic carbocycles. The van der Waals surface area contributed by atoms with Crippen molar-refractivity contribution in [3.63, 3.8) is 0 Å². The molecule has 1 unspecified atom stereocenters. The smallest absolute Gasteiger partial charge is 0.229 e. The van der Waals surface area contributed by atoms with Crippen molar-refractivity contribution in [2.24, 2.45) is 0 Å². The highest BCUT2D eigenvalue weighted by atomic mass is 127. The molecule has 1 aliphatic rings. The summed E-state index contributed by atoms with van der Waals surface area (Å²) in [4.78, 5) is 11.6. The lowest BCUT2D eigenvalue weighted by Crippen LogP contribution is -2.42. The van der Waals surface area contributed by atoms with Crippen LogP contribution in [0.4, 0.5) is 16.2 Å². The molecule has 0 spiro atoms. The zero-order valence-corrected chi connectivity index (χ0v) is 16.9. The van der Waals surface area contributed by atoms with Crippen molar-refractivity contribution in [3.8, 4) is 0 Å². The number of halogens is 2. The minimum Gasteiger partial charge on any atom is -0.393 e. The van der Waals surface area contributed by atoms with Crippen molar-refractivity contribution < 1.29 is 9.50 Å². The molecule has 0 bridgehead atoms. The van der Waals surface area contributed by atoms with Gasteiger partial charge in [-0.3, -0.25) is 0 Å². The van der Waals surface area contributed by atoms with E-state index >= 15 is 0 Å². The van der Waals surface area contributed by atoms with Gasteiger partial charge in [0.2, 0.25) is 5.95 Å². The Bertz CT molecular complexity index is 952. The van der Waals surface area contributed by atoms with E-state index in [9.17, 15) is 9.50 Å². The van der Waals surface area contributed by atoms with Crippen molar-refractivity contribution in [2.45, 2.75) is 22.9 Å². The van der Waals surface area contributed by atoms with Gasteiger partial charge in [-0.25, -0.2) is 9.37 Å². The van der Waals surface area contributed by atoms with Crippen LogP contribution in [-0.4, -0.2) is 31.8 Å². The van der Waals surface area contributed by atoms with E-state index in [2.05, 4.69) is 32.8 Å². The van der Waals surface area contributed by atoms with E-state index in [0.717, 1.165) is 41.7 Å². The zero-order chi connectivity index (χ0) is 18.9. The predicted octanol–water partition coefficient (Wildman–Crippen LogP) is 4.10. The van der Waals surface area contributed by atoms with Crippen molar-refractivity contribution in [2.75, 3.05) is 23.4 Å². The highest BCUT2D eigenvalue weighted by molar-refractivity contribution is 14.1. The lowest BCUT2D eigenvalue weighted by Gasteiger charge is -2.32. The molecule has 1 saturated heterocycles. The number of nitrogens with zero attached hydrogens (tertiary/aromatic N) is 3. The number of nitrogens with one attached hydrogen (secondary N) is 1. The van der Waals surface area contributed by atoms with Crippen molar-refractivity contribution in [1.82, 2.24) is 9.97 Å². The van der Waals surface area contributed by atoms with Gasteiger partial charge in [-0.1, -0.05) is 46.9 Å². The van der Waals surface area contributed by atoms with E-state index in [4.69, 9.17) is 9.97 Å². The minimum atomic E-state index is -0.367. The average molecular weight is 478 g/mol. The number of aliphatic hydroxyl groups excluding tert-OH is 1. The van der Waals surface area contributed by atoms with Crippen molar-refractivity contribution >= 4 is 45.3 Å². The molecule has 7 heteroatoms. The van der Waals surface area contributed by atoms with Crippen LogP contribution in [0, 0.1) is 5.82 Å². The SMILES string of the molecule is OCC1(I)CCCN1c1nc(NCc2ccc(F)cc2)c2ccccc2n1. The van der Waals surface area contributed by atoms with Gasteiger partial charge in [0.1, 0.15) is 15.2 Å². The number of hydrogen-bond donors (Lipinski definition) is 2. The fourth-order valence-electron chi connectivity index (χ4n) is 3.39. The minimum absolute atomic E-state index is 0.0576. The quantitative estimate of drug-likeness (QED) is 0.329. The number of rotatable bonds is 5. The summed E-state index contributed by atoms with van der Waals surface area (Å²) < 4.78 is 12.8. The molecule has 1 aromatic heterocycles. The third-order valence-corrected chi connectivity index (χ3v) is 6.34. The summed E-state index contributed by atoms with van der Waals surface area (Å²) in [5.74, 6) is 1.12. The van der Waals surface area contributed by atoms with Gasteiger partial charge in [-0.15, -0.1) is 0 Å². The van der Waals surface area contributed by atoms with Crippen LogP contribution in [0.5, 0.6) is 0 Å². The maximum absolute atomic E-state index is 13.1. The first kappa shape index (κ1) is 18.4. The molecule has 0 amide bonds. The summed E-state index contributed by atoms with van der Waals surface area (Å²) in [6.45, 7) is 1.41.